The molecule has 0 saturated carbocycles. The van der Waals surface area contributed by atoms with E-state index in [9.17, 15) is 4.79 Å². The number of hydrogen-bond donors (Lipinski definition) is 2. The Morgan fingerprint density at radius 2 is 2.06 bits per heavy atom. The first-order valence-electron chi connectivity index (χ1n) is 5.73. The SMILES string of the molecule is O=C(O)C1CNCC(Cc2ccccc2)C1. The first kappa shape index (κ1) is 11.1. The molecule has 16 heavy (non-hydrogen) atoms. The zero-order chi connectivity index (χ0) is 11.4. The number of benzene rings is 1. The minimum Gasteiger partial charge on any atom is -0.481 e. The van der Waals surface area contributed by atoms with Crippen molar-refractivity contribution in [2.24, 2.45) is 11.8 Å². The normalized spacial score (nSPS) is 25.2. The molecule has 1 fully saturated rings. The van der Waals surface area contributed by atoms with Gasteiger partial charge in [-0.3, -0.25) is 4.79 Å². The lowest BCUT2D eigenvalue weighted by Crippen LogP contribution is -2.40. The standard InChI is InChI=1S/C13H17NO2/c15-13(16)12-7-11(8-14-9-12)6-10-4-2-1-3-5-10/h1-5,11-12,14H,6-9H2,(H,15,16). The molecule has 1 saturated heterocycles. The summed E-state index contributed by atoms with van der Waals surface area (Å²) in [6.07, 6.45) is 1.76. The van der Waals surface area contributed by atoms with Gasteiger partial charge >= 0.3 is 5.97 Å². The van der Waals surface area contributed by atoms with Gasteiger partial charge in [0, 0.05) is 6.54 Å². The fourth-order valence-electron chi connectivity index (χ4n) is 2.32. The number of nitrogens with one attached hydrogen (secondary N) is 1. The van der Waals surface area contributed by atoms with Gasteiger partial charge in [0.1, 0.15) is 0 Å². The second kappa shape index (κ2) is 5.12. The van der Waals surface area contributed by atoms with Gasteiger partial charge < -0.3 is 10.4 Å². The van der Waals surface area contributed by atoms with Crippen LogP contribution in [-0.4, -0.2) is 24.2 Å². The Balaban J connectivity index is 1.93. The third-order valence-electron chi connectivity index (χ3n) is 3.16. The van der Waals surface area contributed by atoms with Crippen molar-refractivity contribution in [1.82, 2.24) is 5.32 Å². The summed E-state index contributed by atoms with van der Waals surface area (Å²) < 4.78 is 0. The largest absolute Gasteiger partial charge is 0.481 e. The van der Waals surface area contributed by atoms with Crippen LogP contribution >= 0.6 is 0 Å². The highest BCUT2D eigenvalue weighted by atomic mass is 16.4. The third kappa shape index (κ3) is 2.83. The van der Waals surface area contributed by atoms with E-state index in [0.29, 0.717) is 12.5 Å². The Hall–Kier alpha value is -1.35. The maximum absolute atomic E-state index is 10.9. The summed E-state index contributed by atoms with van der Waals surface area (Å²) >= 11 is 0. The van der Waals surface area contributed by atoms with Crippen LogP contribution in [0, 0.1) is 11.8 Å². The van der Waals surface area contributed by atoms with E-state index in [1.54, 1.807) is 0 Å². The van der Waals surface area contributed by atoms with E-state index in [1.165, 1.54) is 5.56 Å². The van der Waals surface area contributed by atoms with Crippen LogP contribution in [-0.2, 0) is 11.2 Å². The molecular formula is C13H17NO2. The molecule has 0 amide bonds. The van der Waals surface area contributed by atoms with E-state index in [0.717, 1.165) is 19.4 Å². The molecule has 0 aromatic heterocycles. The van der Waals surface area contributed by atoms with E-state index in [4.69, 9.17) is 5.11 Å². The van der Waals surface area contributed by atoms with Gasteiger partial charge in [0.2, 0.25) is 0 Å². The predicted octanol–water partition coefficient (Wildman–Crippen LogP) is 1.54. The van der Waals surface area contributed by atoms with Crippen molar-refractivity contribution in [3.8, 4) is 0 Å². The highest BCUT2D eigenvalue weighted by molar-refractivity contribution is 5.70. The van der Waals surface area contributed by atoms with Crippen LogP contribution in [0.5, 0.6) is 0 Å². The fourth-order valence-corrected chi connectivity index (χ4v) is 2.32. The predicted molar refractivity (Wildman–Crippen MR) is 62.2 cm³/mol. The zero-order valence-electron chi connectivity index (χ0n) is 9.23. The van der Waals surface area contributed by atoms with Crippen molar-refractivity contribution < 1.29 is 9.90 Å². The minimum atomic E-state index is -0.676. The van der Waals surface area contributed by atoms with Gasteiger partial charge in [-0.1, -0.05) is 30.3 Å². The molecule has 1 aromatic carbocycles. The first-order valence-corrected chi connectivity index (χ1v) is 5.73. The van der Waals surface area contributed by atoms with Gasteiger partial charge in [-0.05, 0) is 30.9 Å². The Labute approximate surface area is 95.5 Å². The summed E-state index contributed by atoms with van der Waals surface area (Å²) in [5.74, 6) is -0.454. The molecule has 86 valence electrons. The molecule has 1 heterocycles. The average molecular weight is 219 g/mol. The third-order valence-corrected chi connectivity index (χ3v) is 3.16. The molecule has 1 aliphatic heterocycles. The summed E-state index contributed by atoms with van der Waals surface area (Å²) in [4.78, 5) is 10.9. The van der Waals surface area contributed by atoms with Crippen LogP contribution in [0.1, 0.15) is 12.0 Å². The summed E-state index contributed by atoms with van der Waals surface area (Å²) in [5, 5.41) is 12.2. The van der Waals surface area contributed by atoms with Crippen LogP contribution in [0.15, 0.2) is 30.3 Å². The number of carboxylic acid groups (broad SMARTS) is 1. The van der Waals surface area contributed by atoms with Gasteiger partial charge in [-0.25, -0.2) is 0 Å². The second-order valence-corrected chi connectivity index (χ2v) is 4.48. The van der Waals surface area contributed by atoms with Crippen LogP contribution in [0.25, 0.3) is 0 Å². The van der Waals surface area contributed by atoms with Gasteiger partial charge in [0.15, 0.2) is 0 Å². The smallest absolute Gasteiger partial charge is 0.307 e. The van der Waals surface area contributed by atoms with Crippen molar-refractivity contribution in [2.45, 2.75) is 12.8 Å². The number of rotatable bonds is 3. The van der Waals surface area contributed by atoms with E-state index >= 15 is 0 Å². The minimum absolute atomic E-state index is 0.220. The highest BCUT2D eigenvalue weighted by Gasteiger charge is 2.26. The van der Waals surface area contributed by atoms with Gasteiger partial charge in [0.25, 0.3) is 0 Å². The summed E-state index contributed by atoms with van der Waals surface area (Å²) in [6.45, 7) is 1.54. The average Bonchev–Trinajstić information content (AvgIpc) is 2.30. The van der Waals surface area contributed by atoms with Crippen LogP contribution in [0.2, 0.25) is 0 Å². The van der Waals surface area contributed by atoms with Crippen LogP contribution < -0.4 is 5.32 Å². The molecule has 0 bridgehead atoms. The number of piperidine rings is 1. The molecule has 2 N–H and O–H groups in total. The molecule has 1 aromatic rings. The first-order chi connectivity index (χ1) is 7.75. The van der Waals surface area contributed by atoms with Gasteiger partial charge in [0.05, 0.1) is 5.92 Å². The molecule has 1 aliphatic rings. The van der Waals surface area contributed by atoms with E-state index < -0.39 is 5.97 Å². The van der Waals surface area contributed by atoms with E-state index in [1.807, 2.05) is 18.2 Å². The molecule has 2 unspecified atom stereocenters. The summed E-state index contributed by atoms with van der Waals surface area (Å²) in [7, 11) is 0. The number of aliphatic carboxylic acids is 1. The van der Waals surface area contributed by atoms with Gasteiger partial charge in [-0.15, -0.1) is 0 Å². The van der Waals surface area contributed by atoms with E-state index in [-0.39, 0.29) is 5.92 Å². The number of hydrogen-bond acceptors (Lipinski definition) is 2. The summed E-state index contributed by atoms with van der Waals surface area (Å²) in [6, 6.07) is 10.3. The van der Waals surface area contributed by atoms with Crippen molar-refractivity contribution in [2.75, 3.05) is 13.1 Å². The Morgan fingerprint density at radius 3 is 2.75 bits per heavy atom. The lowest BCUT2D eigenvalue weighted by atomic mass is 9.86. The van der Waals surface area contributed by atoms with Crippen LogP contribution in [0.3, 0.4) is 0 Å². The van der Waals surface area contributed by atoms with E-state index in [2.05, 4.69) is 17.4 Å². The molecule has 2 rings (SSSR count). The lowest BCUT2D eigenvalue weighted by molar-refractivity contribution is -0.142. The maximum atomic E-state index is 10.9. The molecule has 0 spiro atoms. The molecular weight excluding hydrogens is 202 g/mol. The zero-order valence-corrected chi connectivity index (χ0v) is 9.23. The number of carboxylic acids is 1. The second-order valence-electron chi connectivity index (χ2n) is 4.48. The number of carbonyl (C=O) groups is 1. The highest BCUT2D eigenvalue weighted by Crippen LogP contribution is 2.20. The molecule has 0 aliphatic carbocycles. The molecule has 3 heteroatoms. The topological polar surface area (TPSA) is 49.3 Å². The fraction of sp³-hybridized carbons (Fsp3) is 0.462. The Bertz CT molecular complexity index is 350. The lowest BCUT2D eigenvalue weighted by Gasteiger charge is -2.27. The maximum Gasteiger partial charge on any atom is 0.307 e. The summed E-state index contributed by atoms with van der Waals surface area (Å²) in [5.41, 5.74) is 1.29. The monoisotopic (exact) mass is 219 g/mol. The quantitative estimate of drug-likeness (QED) is 0.810. The van der Waals surface area contributed by atoms with Crippen molar-refractivity contribution in [1.29, 1.82) is 0 Å². The van der Waals surface area contributed by atoms with Gasteiger partial charge in [-0.2, -0.15) is 0 Å². The molecule has 0 radical (unpaired) electrons. The van der Waals surface area contributed by atoms with Crippen LogP contribution in [0.4, 0.5) is 0 Å². The Morgan fingerprint density at radius 1 is 1.31 bits per heavy atom. The molecule has 3 nitrogen and oxygen atoms in total. The van der Waals surface area contributed by atoms with Crippen molar-refractivity contribution in [3.63, 3.8) is 0 Å². The van der Waals surface area contributed by atoms with Crippen molar-refractivity contribution in [3.05, 3.63) is 35.9 Å². The molecule has 2 atom stereocenters. The Kier molecular flexibility index (Phi) is 3.57. The van der Waals surface area contributed by atoms with Crippen molar-refractivity contribution >= 4 is 5.97 Å².